The number of rotatable bonds is 10. The summed E-state index contributed by atoms with van der Waals surface area (Å²) in [5, 5.41) is 10.9. The molecule has 1 aliphatic heterocycles. The van der Waals surface area contributed by atoms with Crippen LogP contribution in [-0.2, 0) is 14.3 Å². The van der Waals surface area contributed by atoms with Crippen molar-refractivity contribution in [2.24, 2.45) is 4.99 Å². The summed E-state index contributed by atoms with van der Waals surface area (Å²) in [5.74, 6) is -0.325. The molecule has 2 rings (SSSR count). The fourth-order valence-electron chi connectivity index (χ4n) is 2.74. The van der Waals surface area contributed by atoms with Crippen molar-refractivity contribution in [2.75, 3.05) is 19.8 Å². The second-order valence-electron chi connectivity index (χ2n) is 6.48. The molecule has 172 valence electrons. The number of aliphatic imine (C=N–C) groups is 1. The van der Waals surface area contributed by atoms with Crippen LogP contribution in [0.4, 0.5) is 0 Å². The van der Waals surface area contributed by atoms with Gasteiger partial charge in [-0.25, -0.2) is 9.79 Å². The topological polar surface area (TPSA) is 94.4 Å². The molecule has 1 heterocycles. The predicted octanol–water partition coefficient (Wildman–Crippen LogP) is 5.60. The van der Waals surface area contributed by atoms with E-state index in [9.17, 15) is 14.7 Å². The molecule has 0 aromatic heterocycles. The average Bonchev–Trinajstić information content (AvgIpc) is 3.02. The van der Waals surface area contributed by atoms with Gasteiger partial charge in [0.1, 0.15) is 23.0 Å². The van der Waals surface area contributed by atoms with E-state index in [1.165, 1.54) is 0 Å². The molecule has 0 aliphatic carbocycles. The van der Waals surface area contributed by atoms with Gasteiger partial charge in [0, 0.05) is 6.42 Å². The van der Waals surface area contributed by atoms with Crippen LogP contribution in [0.5, 0.6) is 11.5 Å². The number of hydrogen-bond acceptors (Lipinski definition) is 7. The van der Waals surface area contributed by atoms with Gasteiger partial charge in [0.05, 0.1) is 22.6 Å². The molecule has 9 heteroatoms. The van der Waals surface area contributed by atoms with Crippen LogP contribution in [0.3, 0.4) is 0 Å². The standard InChI is InChI=1S/C23H26BrNO6S/c1-5-9-18(26)25-22-19(23(28)30-8-4)20(27)17(32-22)13-14-11-15(24)21(31-10-6-2)16(12-14)29-7-3/h6,11-13,27H,2,5,7-10H2,1,3-4H3/b17-13-,25-22?. The third kappa shape index (κ3) is 6.49. The number of carbonyl (C=O) groups is 2. The highest BCUT2D eigenvalue weighted by atomic mass is 79.9. The fraction of sp³-hybridized carbons (Fsp3) is 0.348. The van der Waals surface area contributed by atoms with Crippen LogP contribution in [0.1, 0.15) is 39.2 Å². The molecule has 0 saturated heterocycles. The number of aliphatic hydroxyl groups excluding tert-OH is 1. The number of nitrogens with zero attached hydrogens (tertiary/aromatic N) is 1. The van der Waals surface area contributed by atoms with E-state index in [1.807, 2.05) is 13.8 Å². The summed E-state index contributed by atoms with van der Waals surface area (Å²) >= 11 is 4.53. The number of amides is 1. The molecule has 1 amide bonds. The highest BCUT2D eigenvalue weighted by Crippen LogP contribution is 2.42. The van der Waals surface area contributed by atoms with Crippen LogP contribution >= 0.6 is 27.7 Å². The lowest BCUT2D eigenvalue weighted by Crippen LogP contribution is -2.14. The molecule has 0 unspecified atom stereocenters. The maximum atomic E-state index is 12.4. The summed E-state index contributed by atoms with van der Waals surface area (Å²) in [6.45, 7) is 9.91. The minimum Gasteiger partial charge on any atom is -0.506 e. The molecular formula is C23H26BrNO6S. The molecule has 0 saturated carbocycles. The summed E-state index contributed by atoms with van der Waals surface area (Å²) < 4.78 is 17.1. The SMILES string of the molecule is C=CCOc1c(Br)cc(/C=C2\SC(=NC(=O)CCC)C(C(=O)OCC)=C2O)cc1OCC. The number of ether oxygens (including phenoxy) is 3. The van der Waals surface area contributed by atoms with Crippen LogP contribution in [0.2, 0.25) is 0 Å². The Kier molecular flexibility index (Phi) is 10.1. The van der Waals surface area contributed by atoms with Crippen molar-refractivity contribution >= 4 is 50.7 Å². The Balaban J connectivity index is 2.51. The zero-order valence-corrected chi connectivity index (χ0v) is 20.7. The van der Waals surface area contributed by atoms with Gasteiger partial charge >= 0.3 is 5.97 Å². The van der Waals surface area contributed by atoms with Crippen LogP contribution in [-0.4, -0.2) is 41.8 Å². The molecule has 0 fully saturated rings. The molecule has 1 N–H and O–H groups in total. The van der Waals surface area contributed by atoms with Gasteiger partial charge in [-0.1, -0.05) is 31.3 Å². The van der Waals surface area contributed by atoms with Crippen LogP contribution < -0.4 is 9.47 Å². The Morgan fingerprint density at radius 1 is 1.22 bits per heavy atom. The second kappa shape index (κ2) is 12.5. The minimum atomic E-state index is -0.728. The summed E-state index contributed by atoms with van der Waals surface area (Å²) in [5.41, 5.74) is 0.576. The molecular weight excluding hydrogens is 498 g/mol. The van der Waals surface area contributed by atoms with Crippen LogP contribution in [0.15, 0.2) is 50.5 Å². The van der Waals surface area contributed by atoms with Crippen molar-refractivity contribution < 1.29 is 28.9 Å². The lowest BCUT2D eigenvalue weighted by atomic mass is 10.1. The van der Waals surface area contributed by atoms with E-state index in [1.54, 1.807) is 31.2 Å². The highest BCUT2D eigenvalue weighted by molar-refractivity contribution is 9.10. The lowest BCUT2D eigenvalue weighted by Gasteiger charge is -2.14. The Labute approximate surface area is 200 Å². The first-order valence-electron chi connectivity index (χ1n) is 10.2. The molecule has 32 heavy (non-hydrogen) atoms. The number of halogens is 1. The largest absolute Gasteiger partial charge is 0.506 e. The van der Waals surface area contributed by atoms with E-state index < -0.39 is 5.97 Å². The molecule has 0 bridgehead atoms. The van der Waals surface area contributed by atoms with Gasteiger partial charge in [0.15, 0.2) is 11.5 Å². The fourth-order valence-corrected chi connectivity index (χ4v) is 4.35. The zero-order valence-electron chi connectivity index (χ0n) is 18.3. The van der Waals surface area contributed by atoms with E-state index in [4.69, 9.17) is 14.2 Å². The Bertz CT molecular complexity index is 983. The molecule has 1 aliphatic rings. The van der Waals surface area contributed by atoms with Crippen LogP contribution in [0.25, 0.3) is 6.08 Å². The number of carbonyl (C=O) groups excluding carboxylic acids is 2. The summed E-state index contributed by atoms with van der Waals surface area (Å²) in [6, 6.07) is 3.55. The van der Waals surface area contributed by atoms with Crippen molar-refractivity contribution in [3.63, 3.8) is 0 Å². The zero-order chi connectivity index (χ0) is 23.7. The first kappa shape index (κ1) is 25.7. The van der Waals surface area contributed by atoms with Crippen molar-refractivity contribution in [2.45, 2.75) is 33.6 Å². The molecule has 0 spiro atoms. The number of hydrogen-bond donors (Lipinski definition) is 1. The summed E-state index contributed by atoms with van der Waals surface area (Å²) in [6.07, 6.45) is 4.18. The predicted molar refractivity (Wildman–Crippen MR) is 130 cm³/mol. The number of thioether (sulfide) groups is 1. The van der Waals surface area contributed by atoms with Gasteiger partial charge in [-0.05, 0) is 60.0 Å². The molecule has 1 aromatic carbocycles. The Morgan fingerprint density at radius 2 is 1.97 bits per heavy atom. The highest BCUT2D eigenvalue weighted by Gasteiger charge is 2.33. The van der Waals surface area contributed by atoms with Crippen molar-refractivity contribution in [3.8, 4) is 11.5 Å². The third-order valence-corrected chi connectivity index (χ3v) is 5.64. The molecule has 1 aromatic rings. The van der Waals surface area contributed by atoms with E-state index in [-0.39, 0.29) is 35.3 Å². The Hall–Kier alpha value is -2.52. The minimum absolute atomic E-state index is 0.109. The average molecular weight is 524 g/mol. The molecule has 0 radical (unpaired) electrons. The van der Waals surface area contributed by atoms with E-state index in [0.29, 0.717) is 46.1 Å². The Morgan fingerprint density at radius 3 is 2.59 bits per heavy atom. The van der Waals surface area contributed by atoms with Crippen LogP contribution in [0, 0.1) is 0 Å². The van der Waals surface area contributed by atoms with E-state index in [2.05, 4.69) is 27.5 Å². The van der Waals surface area contributed by atoms with Gasteiger partial charge in [-0.3, -0.25) is 4.79 Å². The third-order valence-electron chi connectivity index (χ3n) is 4.04. The normalized spacial score (nSPS) is 15.9. The molecule has 0 atom stereocenters. The maximum Gasteiger partial charge on any atom is 0.344 e. The van der Waals surface area contributed by atoms with Gasteiger partial charge in [-0.15, -0.1) is 0 Å². The van der Waals surface area contributed by atoms with E-state index in [0.717, 1.165) is 11.8 Å². The smallest absolute Gasteiger partial charge is 0.344 e. The van der Waals surface area contributed by atoms with Crippen molar-refractivity contribution in [3.05, 3.63) is 51.1 Å². The first-order chi connectivity index (χ1) is 15.4. The van der Waals surface area contributed by atoms with E-state index >= 15 is 0 Å². The lowest BCUT2D eigenvalue weighted by molar-refractivity contribution is -0.138. The van der Waals surface area contributed by atoms with Gasteiger partial charge in [0.2, 0.25) is 5.91 Å². The van der Waals surface area contributed by atoms with Crippen molar-refractivity contribution in [1.82, 2.24) is 0 Å². The first-order valence-corrected chi connectivity index (χ1v) is 11.8. The quantitative estimate of drug-likeness (QED) is 0.315. The summed E-state index contributed by atoms with van der Waals surface area (Å²) in [4.78, 5) is 28.9. The second-order valence-corrected chi connectivity index (χ2v) is 8.36. The summed E-state index contributed by atoms with van der Waals surface area (Å²) in [7, 11) is 0. The maximum absolute atomic E-state index is 12.4. The number of aliphatic hydroxyl groups is 1. The molecule has 7 nitrogen and oxygen atoms in total. The number of benzene rings is 1. The number of esters is 1. The van der Waals surface area contributed by atoms with Gasteiger partial charge < -0.3 is 19.3 Å². The van der Waals surface area contributed by atoms with Gasteiger partial charge in [-0.2, -0.15) is 0 Å². The monoisotopic (exact) mass is 523 g/mol. The van der Waals surface area contributed by atoms with Crippen molar-refractivity contribution in [1.29, 1.82) is 0 Å². The van der Waals surface area contributed by atoms with Gasteiger partial charge in [0.25, 0.3) is 0 Å².